The molecule has 0 aliphatic carbocycles. The number of ether oxygens (including phenoxy) is 9. The molecule has 1 N–H and O–H groups in total. The van der Waals surface area contributed by atoms with E-state index in [2.05, 4.69) is 10.0 Å². The topological polar surface area (TPSA) is 152 Å². The van der Waals surface area contributed by atoms with Crippen LogP contribution < -0.4 is 9.47 Å². The molecular weight excluding hydrogens is 839 g/mol. The van der Waals surface area contributed by atoms with Crippen LogP contribution in [0.4, 0.5) is 0 Å². The van der Waals surface area contributed by atoms with Gasteiger partial charge < -0.3 is 47.7 Å². The summed E-state index contributed by atoms with van der Waals surface area (Å²) in [5, 5.41) is 15.4. The third kappa shape index (κ3) is 14.5. The molecule has 6 aromatic carbocycles. The first-order chi connectivity index (χ1) is 32.6. The van der Waals surface area contributed by atoms with Crippen molar-refractivity contribution in [2.24, 2.45) is 5.11 Å². The Morgan fingerprint density at radius 1 is 0.576 bits per heavy atom. The fraction of sp³-hybridized carbons (Fsp3) is 0.321. The summed E-state index contributed by atoms with van der Waals surface area (Å²) in [4.78, 5) is 3.31. The smallest absolute Gasteiger partial charge is 0.169 e. The van der Waals surface area contributed by atoms with Crippen molar-refractivity contribution in [1.82, 2.24) is 0 Å². The van der Waals surface area contributed by atoms with Gasteiger partial charge in [-0.3, -0.25) is 0 Å². The second-order valence-corrected chi connectivity index (χ2v) is 15.7. The van der Waals surface area contributed by atoms with Crippen molar-refractivity contribution >= 4 is 0 Å². The van der Waals surface area contributed by atoms with E-state index in [4.69, 9.17) is 42.6 Å². The van der Waals surface area contributed by atoms with Gasteiger partial charge in [-0.25, -0.2) is 0 Å². The number of hydrogen-bond donors (Lipinski definition) is 1. The van der Waals surface area contributed by atoms with Crippen molar-refractivity contribution in [3.63, 3.8) is 0 Å². The summed E-state index contributed by atoms with van der Waals surface area (Å²) in [6.45, 7) is 0.576. The summed E-state index contributed by atoms with van der Waals surface area (Å²) < 4.78 is 58.8. The molecule has 3 unspecified atom stereocenters. The van der Waals surface area contributed by atoms with Gasteiger partial charge in [0.25, 0.3) is 0 Å². The first-order valence-electron chi connectivity index (χ1n) is 22.1. The van der Waals surface area contributed by atoms with Crippen LogP contribution in [0.25, 0.3) is 10.4 Å². The lowest BCUT2D eigenvalue weighted by molar-refractivity contribution is -0.309. The standard InChI is InChI=1S/C53H57N3O10/c1-58-44-27-29-45(30-28-44)60-38-48(50(62-34-41-21-11-4-12-22-41)46(31-57)61-33-40-19-9-3-10-20-40)66-53-49(55-56-54)52(64-36-43-25-15-6-16-26-43)51(63-35-42-23-13-5-14-24-42)47(65-53)37-59-32-39-17-7-2-8-18-39/h2-30,46-53,57H,31-38H2,1H3/t46?,47-,48?,49-,50?,51-,52-,53+/m1/s1. The summed E-state index contributed by atoms with van der Waals surface area (Å²) in [6.07, 6.45) is -6.63. The maximum absolute atomic E-state index is 11.1. The number of aliphatic hydroxyl groups is 1. The summed E-state index contributed by atoms with van der Waals surface area (Å²) in [7, 11) is 1.59. The Kier molecular flexibility index (Phi) is 19.0. The van der Waals surface area contributed by atoms with Crippen molar-refractivity contribution < 1.29 is 47.7 Å². The molecule has 13 nitrogen and oxygen atoms in total. The fourth-order valence-electron chi connectivity index (χ4n) is 7.60. The monoisotopic (exact) mass is 895 g/mol. The molecule has 0 aromatic heterocycles. The van der Waals surface area contributed by atoms with Crippen molar-refractivity contribution in [3.05, 3.63) is 214 Å². The van der Waals surface area contributed by atoms with Crippen molar-refractivity contribution in [1.29, 1.82) is 0 Å². The number of methoxy groups -OCH3 is 1. The number of hydrogen-bond acceptors (Lipinski definition) is 11. The highest BCUT2D eigenvalue weighted by Crippen LogP contribution is 2.33. The molecule has 0 spiro atoms. The van der Waals surface area contributed by atoms with Gasteiger partial charge in [0.2, 0.25) is 0 Å². The zero-order valence-electron chi connectivity index (χ0n) is 37.0. The Morgan fingerprint density at radius 3 is 1.55 bits per heavy atom. The molecule has 1 heterocycles. The average molecular weight is 896 g/mol. The fourth-order valence-corrected chi connectivity index (χ4v) is 7.60. The number of rotatable bonds is 26. The highest BCUT2D eigenvalue weighted by Gasteiger charge is 2.50. The summed E-state index contributed by atoms with van der Waals surface area (Å²) in [5.41, 5.74) is 14.8. The molecule has 0 bridgehead atoms. The number of aliphatic hydroxyl groups excluding tert-OH is 1. The highest BCUT2D eigenvalue weighted by atomic mass is 16.7. The van der Waals surface area contributed by atoms with E-state index in [-0.39, 0.29) is 39.6 Å². The molecule has 8 atom stereocenters. The normalized spacial score (nSPS) is 19.5. The van der Waals surface area contributed by atoms with E-state index in [0.29, 0.717) is 18.1 Å². The van der Waals surface area contributed by atoms with Crippen molar-refractivity contribution in [2.45, 2.75) is 82.0 Å². The summed E-state index contributed by atoms with van der Waals surface area (Å²) in [6, 6.07) is 54.7. The highest BCUT2D eigenvalue weighted by molar-refractivity contribution is 5.31. The molecule has 1 aliphatic rings. The lowest BCUT2D eigenvalue weighted by atomic mass is 9.96. The van der Waals surface area contributed by atoms with Crippen LogP contribution in [0.5, 0.6) is 11.5 Å². The van der Waals surface area contributed by atoms with Crippen LogP contribution in [0.15, 0.2) is 181 Å². The van der Waals surface area contributed by atoms with Gasteiger partial charge in [0.15, 0.2) is 6.29 Å². The lowest BCUT2D eigenvalue weighted by Crippen LogP contribution is -2.62. The third-order valence-electron chi connectivity index (χ3n) is 11.1. The van der Waals surface area contributed by atoms with E-state index in [0.717, 1.165) is 27.8 Å². The Bertz CT molecular complexity index is 2290. The molecule has 13 heteroatoms. The molecule has 1 aliphatic heterocycles. The molecule has 0 amide bonds. The minimum atomic E-state index is -1.26. The first-order valence-corrected chi connectivity index (χ1v) is 22.1. The predicted molar refractivity (Wildman–Crippen MR) is 248 cm³/mol. The Morgan fingerprint density at radius 2 is 1.05 bits per heavy atom. The molecule has 0 radical (unpaired) electrons. The van der Waals surface area contributed by atoms with Crippen molar-refractivity contribution in [3.8, 4) is 11.5 Å². The van der Waals surface area contributed by atoms with Crippen LogP contribution in [0.1, 0.15) is 27.8 Å². The second-order valence-electron chi connectivity index (χ2n) is 15.7. The summed E-state index contributed by atoms with van der Waals surface area (Å²) >= 11 is 0. The Hall–Kier alpha value is -6.09. The van der Waals surface area contributed by atoms with Gasteiger partial charge in [0.05, 0.1) is 53.4 Å². The van der Waals surface area contributed by atoms with Gasteiger partial charge in [-0.2, -0.15) is 0 Å². The third-order valence-corrected chi connectivity index (χ3v) is 11.1. The van der Waals surface area contributed by atoms with E-state index in [1.165, 1.54) is 0 Å². The second kappa shape index (κ2) is 26.2. The number of azide groups is 1. The van der Waals surface area contributed by atoms with Crippen molar-refractivity contribution in [2.75, 3.05) is 26.9 Å². The molecule has 344 valence electrons. The SMILES string of the molecule is COc1ccc(OCC(O[C@@H]2O[C@H](COCc3ccccc3)[C@@H](OCc3ccccc3)[C@H](OCc3ccccc3)[C@H]2N=[N+]=[N-])C(OCc2ccccc2)C(CO)OCc2ccccc2)cc1. The lowest BCUT2D eigenvalue weighted by Gasteiger charge is -2.46. The minimum absolute atomic E-state index is 0.0722. The van der Waals surface area contributed by atoms with E-state index < -0.39 is 55.6 Å². The molecule has 0 saturated carbocycles. The maximum atomic E-state index is 11.1. The van der Waals surface area contributed by atoms with Crippen LogP contribution in [0.2, 0.25) is 0 Å². The largest absolute Gasteiger partial charge is 0.497 e. The Balaban J connectivity index is 1.25. The first kappa shape index (κ1) is 47.9. The van der Waals surface area contributed by atoms with Gasteiger partial charge in [-0.15, -0.1) is 0 Å². The van der Waals surface area contributed by atoms with Gasteiger partial charge in [-0.1, -0.05) is 157 Å². The number of benzene rings is 6. The molecule has 7 rings (SSSR count). The number of nitrogens with zero attached hydrogens (tertiary/aromatic N) is 3. The minimum Gasteiger partial charge on any atom is -0.497 e. The van der Waals surface area contributed by atoms with Gasteiger partial charge >= 0.3 is 0 Å². The van der Waals surface area contributed by atoms with Crippen LogP contribution in [-0.4, -0.2) is 81.0 Å². The van der Waals surface area contributed by atoms with Crippen LogP contribution in [0.3, 0.4) is 0 Å². The van der Waals surface area contributed by atoms with Gasteiger partial charge in [0.1, 0.15) is 60.8 Å². The van der Waals surface area contributed by atoms with Crippen LogP contribution in [-0.2, 0) is 66.2 Å². The molecule has 1 fully saturated rings. The van der Waals surface area contributed by atoms with Crippen LogP contribution >= 0.6 is 0 Å². The molecule has 1 saturated heterocycles. The van der Waals surface area contributed by atoms with Gasteiger partial charge in [0, 0.05) is 4.91 Å². The quantitative estimate of drug-likeness (QED) is 0.0317. The van der Waals surface area contributed by atoms with Gasteiger partial charge in [-0.05, 0) is 57.6 Å². The Labute approximate surface area is 386 Å². The molecule has 6 aromatic rings. The average Bonchev–Trinajstić information content (AvgIpc) is 3.37. The zero-order valence-corrected chi connectivity index (χ0v) is 37.0. The molecular formula is C53H57N3O10. The predicted octanol–water partition coefficient (Wildman–Crippen LogP) is 9.41. The summed E-state index contributed by atoms with van der Waals surface area (Å²) in [5.74, 6) is 1.19. The van der Waals surface area contributed by atoms with E-state index in [1.54, 1.807) is 31.4 Å². The molecule has 66 heavy (non-hydrogen) atoms. The maximum Gasteiger partial charge on any atom is 0.169 e. The van der Waals surface area contributed by atoms with E-state index >= 15 is 0 Å². The van der Waals surface area contributed by atoms with E-state index in [9.17, 15) is 10.6 Å². The van der Waals surface area contributed by atoms with E-state index in [1.807, 2.05) is 152 Å². The van der Waals surface area contributed by atoms with Crippen LogP contribution in [0, 0.1) is 0 Å². The zero-order chi connectivity index (χ0) is 45.6.